The van der Waals surface area contributed by atoms with Crippen LogP contribution in [0.5, 0.6) is 5.75 Å². The molecule has 288 valence electrons. The Balaban J connectivity index is 1.16. The SMILES string of the molecule is Cc1ccc2c(n1)oc1cc(-n3c4ccc(-c5ccccc5)nc4c4c5c6nc(-c7ccccc7O)ccc6n(-c6ccc7c(c6)oc6nc(C)ccc67)c5ccc43)ccc12. The lowest BCUT2D eigenvalue weighted by molar-refractivity contribution is 0.477. The molecule has 13 rings (SSSR count). The fourth-order valence-electron chi connectivity index (χ4n) is 9.24. The average molecular weight is 789 g/mol. The summed E-state index contributed by atoms with van der Waals surface area (Å²) in [4.78, 5) is 20.2. The van der Waals surface area contributed by atoms with Gasteiger partial charge in [0.1, 0.15) is 16.9 Å². The van der Waals surface area contributed by atoms with Crippen LogP contribution < -0.4 is 0 Å². The molecular weight excluding hydrogens is 757 g/mol. The van der Waals surface area contributed by atoms with Crippen LogP contribution in [-0.4, -0.2) is 34.2 Å². The number of nitrogens with zero attached hydrogens (tertiary/aromatic N) is 6. The Hall–Kier alpha value is -8.30. The summed E-state index contributed by atoms with van der Waals surface area (Å²) >= 11 is 0. The molecule has 0 fully saturated rings. The number of phenols is 1. The third kappa shape index (κ3) is 4.88. The van der Waals surface area contributed by atoms with Gasteiger partial charge in [0, 0.05) is 78.3 Å². The number of aromatic hydroxyl groups is 1. The minimum absolute atomic E-state index is 0.166. The van der Waals surface area contributed by atoms with Crippen molar-refractivity contribution in [1.82, 2.24) is 29.1 Å². The number of furan rings is 2. The van der Waals surface area contributed by atoms with E-state index in [0.717, 1.165) is 111 Å². The highest BCUT2D eigenvalue weighted by Gasteiger charge is 2.24. The Kier molecular flexibility index (Phi) is 6.82. The van der Waals surface area contributed by atoms with Crippen molar-refractivity contribution < 1.29 is 13.9 Å². The maximum atomic E-state index is 11.0. The molecule has 0 aliphatic rings. The number of para-hydroxylation sites is 1. The summed E-state index contributed by atoms with van der Waals surface area (Å²) in [5.41, 5.74) is 15.0. The molecule has 0 amide bonds. The molecule has 1 N–H and O–H groups in total. The summed E-state index contributed by atoms with van der Waals surface area (Å²) in [6, 6.07) is 51.1. The first-order valence-electron chi connectivity index (χ1n) is 20.2. The van der Waals surface area contributed by atoms with Crippen LogP contribution in [0.15, 0.2) is 160 Å². The predicted octanol–water partition coefficient (Wildman–Crippen LogP) is 12.9. The lowest BCUT2D eigenvalue weighted by Crippen LogP contribution is -1.95. The van der Waals surface area contributed by atoms with Crippen LogP contribution in [-0.2, 0) is 0 Å². The van der Waals surface area contributed by atoms with Gasteiger partial charge in [-0.3, -0.25) is 0 Å². The molecule has 9 heteroatoms. The normalized spacial score (nSPS) is 12.2. The van der Waals surface area contributed by atoms with E-state index in [1.807, 2.05) is 68.4 Å². The van der Waals surface area contributed by atoms with Crippen LogP contribution in [0.2, 0.25) is 0 Å². The highest BCUT2D eigenvalue weighted by Crippen LogP contribution is 2.44. The zero-order chi connectivity index (χ0) is 40.5. The third-order valence-electron chi connectivity index (χ3n) is 12.0. The van der Waals surface area contributed by atoms with Gasteiger partial charge in [0.25, 0.3) is 0 Å². The number of aryl methyl sites for hydroxylation is 2. The number of aromatic nitrogens is 6. The topological polar surface area (TPSA) is 108 Å². The van der Waals surface area contributed by atoms with Crippen LogP contribution in [0.4, 0.5) is 0 Å². The van der Waals surface area contributed by atoms with Crippen LogP contribution in [0.3, 0.4) is 0 Å². The first-order chi connectivity index (χ1) is 29.9. The van der Waals surface area contributed by atoms with Gasteiger partial charge in [-0.15, -0.1) is 0 Å². The molecule has 0 bridgehead atoms. The second kappa shape index (κ2) is 12.4. The first-order valence-corrected chi connectivity index (χ1v) is 20.2. The third-order valence-corrected chi connectivity index (χ3v) is 12.0. The van der Waals surface area contributed by atoms with E-state index in [9.17, 15) is 5.11 Å². The van der Waals surface area contributed by atoms with E-state index in [4.69, 9.17) is 18.8 Å². The number of hydrogen-bond acceptors (Lipinski definition) is 7. The van der Waals surface area contributed by atoms with Gasteiger partial charge < -0.3 is 23.1 Å². The molecule has 8 aromatic heterocycles. The molecule has 0 atom stereocenters. The quantitative estimate of drug-likeness (QED) is 0.189. The molecule has 0 aliphatic heterocycles. The van der Waals surface area contributed by atoms with Crippen molar-refractivity contribution in [3.8, 4) is 39.6 Å². The standard InChI is InChI=1S/C52H32N6O3/c1-28-12-16-35-33-18-14-31(26-45(33)60-51(35)53-28)57-40-24-25-41-48(47(40)49-42(57)22-20-38(55-49)30-8-4-3-5-9-30)50-43(23-21-39(56-50)37-10-6-7-11-44(37)59)58(41)32-15-19-34-36-17-13-29(2)54-52(36)61-46(34)27-32/h3-27,59H,1-2H3. The summed E-state index contributed by atoms with van der Waals surface area (Å²) in [5, 5.41) is 16.9. The Morgan fingerprint density at radius 1 is 0.443 bits per heavy atom. The molecule has 5 aromatic carbocycles. The number of rotatable bonds is 4. The Bertz CT molecular complexity index is 3990. The molecular formula is C52H32N6O3. The van der Waals surface area contributed by atoms with Gasteiger partial charge in [0.15, 0.2) is 0 Å². The molecule has 0 radical (unpaired) electrons. The molecule has 9 nitrogen and oxygen atoms in total. The van der Waals surface area contributed by atoms with Gasteiger partial charge in [0.05, 0.1) is 44.5 Å². The fraction of sp³-hybridized carbons (Fsp3) is 0.0385. The highest BCUT2D eigenvalue weighted by atomic mass is 16.3. The maximum absolute atomic E-state index is 11.0. The molecule has 0 spiro atoms. The summed E-state index contributed by atoms with van der Waals surface area (Å²) in [6.45, 7) is 3.94. The summed E-state index contributed by atoms with van der Waals surface area (Å²) in [5.74, 6) is 0.166. The number of benzene rings is 5. The van der Waals surface area contributed by atoms with Crippen molar-refractivity contribution in [2.45, 2.75) is 13.8 Å². The van der Waals surface area contributed by atoms with E-state index >= 15 is 0 Å². The second-order valence-corrected chi connectivity index (χ2v) is 15.7. The molecule has 61 heavy (non-hydrogen) atoms. The van der Waals surface area contributed by atoms with Crippen molar-refractivity contribution in [2.24, 2.45) is 0 Å². The van der Waals surface area contributed by atoms with Gasteiger partial charge in [-0.2, -0.15) is 0 Å². The number of pyridine rings is 4. The van der Waals surface area contributed by atoms with E-state index in [2.05, 4.69) is 110 Å². The van der Waals surface area contributed by atoms with E-state index < -0.39 is 0 Å². The van der Waals surface area contributed by atoms with E-state index in [0.29, 0.717) is 22.7 Å². The molecule has 0 unspecified atom stereocenters. The predicted molar refractivity (Wildman–Crippen MR) is 243 cm³/mol. The number of hydrogen-bond donors (Lipinski definition) is 1. The molecule has 13 aromatic rings. The van der Waals surface area contributed by atoms with Crippen molar-refractivity contribution >= 4 is 88.0 Å². The first kappa shape index (κ1) is 33.6. The van der Waals surface area contributed by atoms with Gasteiger partial charge in [-0.1, -0.05) is 42.5 Å². The average Bonchev–Trinajstić information content (AvgIpc) is 4.02. The molecule has 0 saturated carbocycles. The van der Waals surface area contributed by atoms with Gasteiger partial charge in [0.2, 0.25) is 11.4 Å². The summed E-state index contributed by atoms with van der Waals surface area (Å²) in [7, 11) is 0. The van der Waals surface area contributed by atoms with Crippen LogP contribution in [0, 0.1) is 13.8 Å². The Labute approximate surface area is 346 Å². The highest BCUT2D eigenvalue weighted by molar-refractivity contribution is 6.27. The molecule has 0 aliphatic carbocycles. The minimum Gasteiger partial charge on any atom is -0.507 e. The van der Waals surface area contributed by atoms with Gasteiger partial charge in [-0.05, 0) is 111 Å². The number of fused-ring (bicyclic) bond motifs is 13. The van der Waals surface area contributed by atoms with Crippen molar-refractivity contribution in [3.63, 3.8) is 0 Å². The Morgan fingerprint density at radius 2 is 0.934 bits per heavy atom. The monoisotopic (exact) mass is 788 g/mol. The van der Waals surface area contributed by atoms with Crippen LogP contribution in [0.25, 0.3) is 122 Å². The Morgan fingerprint density at radius 3 is 1.51 bits per heavy atom. The van der Waals surface area contributed by atoms with E-state index in [-0.39, 0.29) is 5.75 Å². The van der Waals surface area contributed by atoms with Crippen molar-refractivity contribution in [2.75, 3.05) is 0 Å². The van der Waals surface area contributed by atoms with E-state index in [1.165, 1.54) is 0 Å². The van der Waals surface area contributed by atoms with Gasteiger partial charge >= 0.3 is 0 Å². The lowest BCUT2D eigenvalue weighted by atomic mass is 10.1. The van der Waals surface area contributed by atoms with E-state index in [1.54, 1.807) is 6.07 Å². The summed E-state index contributed by atoms with van der Waals surface area (Å²) in [6.07, 6.45) is 0. The zero-order valence-electron chi connectivity index (χ0n) is 32.9. The van der Waals surface area contributed by atoms with Crippen molar-refractivity contribution in [3.05, 3.63) is 163 Å². The fourth-order valence-corrected chi connectivity index (χ4v) is 9.24. The zero-order valence-corrected chi connectivity index (χ0v) is 32.9. The minimum atomic E-state index is 0.166. The smallest absolute Gasteiger partial charge is 0.227 e. The molecule has 0 saturated heterocycles. The second-order valence-electron chi connectivity index (χ2n) is 15.7. The summed E-state index contributed by atoms with van der Waals surface area (Å²) < 4.78 is 17.3. The van der Waals surface area contributed by atoms with Crippen LogP contribution >= 0.6 is 0 Å². The maximum Gasteiger partial charge on any atom is 0.227 e. The molecule has 8 heterocycles. The van der Waals surface area contributed by atoms with Crippen molar-refractivity contribution in [1.29, 1.82) is 0 Å². The van der Waals surface area contributed by atoms with Gasteiger partial charge in [-0.25, -0.2) is 19.9 Å². The largest absolute Gasteiger partial charge is 0.507 e. The van der Waals surface area contributed by atoms with Crippen LogP contribution in [0.1, 0.15) is 11.4 Å². The number of phenolic OH excluding ortho intramolecular Hbond substituents is 1. The lowest BCUT2D eigenvalue weighted by Gasteiger charge is -2.09.